The van der Waals surface area contributed by atoms with Crippen molar-refractivity contribution in [3.63, 3.8) is 0 Å². The van der Waals surface area contributed by atoms with Crippen LogP contribution in [0.3, 0.4) is 0 Å². The fraction of sp³-hybridized carbons (Fsp3) is 0.500. The second-order valence-corrected chi connectivity index (χ2v) is 19.9. The number of aromatic amines is 2. The summed E-state index contributed by atoms with van der Waals surface area (Å²) in [6.45, 7) is 2.91. The lowest BCUT2D eigenvalue weighted by atomic mass is 9.89. The molecule has 2 saturated carbocycles. The first kappa shape index (κ1) is 44.3. The summed E-state index contributed by atoms with van der Waals surface area (Å²) in [5.74, 6) is 1.64. The molecule has 1 spiro atoms. The van der Waals surface area contributed by atoms with E-state index >= 15 is 0 Å². The number of methoxy groups -OCH3 is 2. The molecule has 4 amide bonds. The Labute approximate surface area is 395 Å². The Kier molecular flexibility index (Phi) is 11.9. The number of hydrogen-bond donors (Lipinski definition) is 4. The molecule has 16 heteroatoms. The number of rotatable bonds is 11. The summed E-state index contributed by atoms with van der Waals surface area (Å²) < 4.78 is 21.0. The Balaban J connectivity index is 0.780. The number of benzene rings is 3. The summed E-state index contributed by atoms with van der Waals surface area (Å²) in [5, 5.41) is 7.96. The van der Waals surface area contributed by atoms with Gasteiger partial charge in [-0.05, 0) is 127 Å². The van der Waals surface area contributed by atoms with Crippen LogP contribution in [0.1, 0.15) is 87.9 Å². The maximum atomic E-state index is 14.4. The first-order valence-electron chi connectivity index (χ1n) is 24.4. The van der Waals surface area contributed by atoms with Crippen LogP contribution in [0.4, 0.5) is 9.59 Å². The maximum Gasteiger partial charge on any atom is 0.407 e. The smallest absolute Gasteiger partial charge is 0.407 e. The van der Waals surface area contributed by atoms with Gasteiger partial charge in [0, 0.05) is 44.6 Å². The predicted octanol–water partition coefficient (Wildman–Crippen LogP) is 7.70. The van der Waals surface area contributed by atoms with E-state index in [4.69, 9.17) is 28.9 Å². The average molecular weight is 925 g/mol. The quantitative estimate of drug-likeness (QED) is 0.102. The molecule has 356 valence electrons. The number of carbonyl (C=O) groups is 4. The maximum absolute atomic E-state index is 14.4. The largest absolute Gasteiger partial charge is 0.453 e. The highest BCUT2D eigenvalue weighted by Gasteiger charge is 2.56. The molecule has 5 aromatic rings. The van der Waals surface area contributed by atoms with Gasteiger partial charge in [0.15, 0.2) is 0 Å². The molecule has 3 aromatic carbocycles. The summed E-state index contributed by atoms with van der Waals surface area (Å²) in [6, 6.07) is 19.7. The van der Waals surface area contributed by atoms with Crippen LogP contribution in [0.25, 0.3) is 44.4 Å². The van der Waals surface area contributed by atoms with Crippen molar-refractivity contribution in [2.45, 2.75) is 94.4 Å². The zero-order valence-electron chi connectivity index (χ0n) is 38.7. The normalized spacial score (nSPS) is 24.3. The fourth-order valence-corrected chi connectivity index (χ4v) is 12.0. The van der Waals surface area contributed by atoms with Crippen LogP contribution < -0.4 is 10.6 Å². The second-order valence-electron chi connectivity index (χ2n) is 19.9. The first-order chi connectivity index (χ1) is 33.2. The lowest BCUT2D eigenvalue weighted by molar-refractivity contribution is -0.140. The van der Waals surface area contributed by atoms with Gasteiger partial charge in [-0.3, -0.25) is 9.59 Å². The zero-order valence-corrected chi connectivity index (χ0v) is 38.7. The molecular weight excluding hydrogens is 865 g/mol. The van der Waals surface area contributed by atoms with Crippen LogP contribution in [0.15, 0.2) is 73.1 Å². The van der Waals surface area contributed by atoms with Gasteiger partial charge in [-0.15, -0.1) is 0 Å². The highest BCUT2D eigenvalue weighted by atomic mass is 16.5. The van der Waals surface area contributed by atoms with E-state index in [1.807, 2.05) is 22.2 Å². The number of piperidine rings is 1. The van der Waals surface area contributed by atoms with Crippen molar-refractivity contribution < 1.29 is 38.1 Å². The van der Waals surface area contributed by atoms with E-state index in [0.717, 1.165) is 94.6 Å². The average Bonchev–Trinajstić information content (AvgIpc) is 4.03. The van der Waals surface area contributed by atoms with Crippen molar-refractivity contribution in [2.75, 3.05) is 47.2 Å². The Morgan fingerprint density at radius 3 is 1.85 bits per heavy atom. The Morgan fingerprint density at radius 2 is 1.22 bits per heavy atom. The number of ether oxygens (including phenoxy) is 4. The van der Waals surface area contributed by atoms with Gasteiger partial charge >= 0.3 is 12.2 Å². The van der Waals surface area contributed by atoms with E-state index in [0.29, 0.717) is 64.6 Å². The number of hydrogen-bond acceptors (Lipinski definition) is 10. The van der Waals surface area contributed by atoms with Crippen LogP contribution in [0.5, 0.6) is 0 Å². The van der Waals surface area contributed by atoms with E-state index in [9.17, 15) is 19.2 Å². The Morgan fingerprint density at radius 1 is 0.676 bits per heavy atom. The lowest BCUT2D eigenvalue weighted by Gasteiger charge is -2.39. The van der Waals surface area contributed by atoms with Gasteiger partial charge in [0.1, 0.15) is 23.7 Å². The first-order valence-corrected chi connectivity index (χ1v) is 24.4. The molecule has 11 rings (SSSR count). The van der Waals surface area contributed by atoms with E-state index in [-0.39, 0.29) is 47.2 Å². The van der Waals surface area contributed by atoms with Gasteiger partial charge in [-0.1, -0.05) is 48.5 Å². The van der Waals surface area contributed by atoms with Crippen molar-refractivity contribution in [3.05, 3.63) is 84.7 Å². The van der Waals surface area contributed by atoms with Gasteiger partial charge in [-0.25, -0.2) is 19.6 Å². The molecule has 6 heterocycles. The number of nitrogens with zero attached hydrogens (tertiary/aromatic N) is 4. The molecule has 2 aromatic heterocycles. The molecule has 16 nitrogen and oxygen atoms in total. The predicted molar refractivity (Wildman–Crippen MR) is 252 cm³/mol. The van der Waals surface area contributed by atoms with E-state index in [1.165, 1.54) is 14.2 Å². The second kappa shape index (κ2) is 18.3. The summed E-state index contributed by atoms with van der Waals surface area (Å²) in [7, 11) is 2.65. The number of carbonyl (C=O) groups excluding carboxylic acids is 4. The summed E-state index contributed by atoms with van der Waals surface area (Å²) >= 11 is 0. The number of alkyl carbamates (subject to hydrolysis) is 2. The molecule has 4 N–H and O–H groups in total. The van der Waals surface area contributed by atoms with Crippen LogP contribution in [0, 0.1) is 23.2 Å². The molecule has 2 aliphatic carbocycles. The van der Waals surface area contributed by atoms with Crippen LogP contribution >= 0.6 is 0 Å². The zero-order chi connectivity index (χ0) is 46.5. The highest BCUT2D eigenvalue weighted by molar-refractivity contribution is 5.91. The number of H-pyrrole nitrogens is 2. The third-order valence-electron chi connectivity index (χ3n) is 16.0. The minimum atomic E-state index is -0.685. The van der Waals surface area contributed by atoms with Crippen molar-refractivity contribution >= 4 is 34.8 Å². The van der Waals surface area contributed by atoms with Crippen LogP contribution in [0.2, 0.25) is 0 Å². The number of likely N-dealkylation sites (tertiary alicyclic amines) is 2. The summed E-state index contributed by atoms with van der Waals surface area (Å²) in [6.07, 6.45) is 11.2. The van der Waals surface area contributed by atoms with Crippen molar-refractivity contribution in [1.29, 1.82) is 0 Å². The van der Waals surface area contributed by atoms with Gasteiger partial charge in [0.25, 0.3) is 0 Å². The third kappa shape index (κ3) is 8.50. The molecule has 6 fully saturated rings. The van der Waals surface area contributed by atoms with Gasteiger partial charge in [0.05, 0.1) is 50.1 Å². The molecule has 68 heavy (non-hydrogen) atoms. The Hall–Kier alpha value is -6.26. The lowest BCUT2D eigenvalue weighted by Crippen LogP contribution is -2.55. The van der Waals surface area contributed by atoms with Crippen molar-refractivity contribution in [1.82, 2.24) is 40.4 Å². The number of nitrogens with one attached hydrogen (secondary N) is 4. The summed E-state index contributed by atoms with van der Waals surface area (Å²) in [5.41, 5.74) is 6.07. The van der Waals surface area contributed by atoms with Crippen molar-refractivity contribution in [2.24, 2.45) is 23.2 Å². The number of amides is 4. The van der Waals surface area contributed by atoms with E-state index < -0.39 is 24.3 Å². The fourth-order valence-electron chi connectivity index (χ4n) is 12.0. The Bertz CT molecular complexity index is 2680. The molecule has 2 bridgehead atoms. The minimum absolute atomic E-state index is 0.0249. The third-order valence-corrected chi connectivity index (χ3v) is 16.0. The monoisotopic (exact) mass is 924 g/mol. The molecule has 4 saturated heterocycles. The number of fused-ring (bicyclic) bond motifs is 3. The minimum Gasteiger partial charge on any atom is -0.453 e. The molecule has 6 atom stereocenters. The summed E-state index contributed by atoms with van der Waals surface area (Å²) in [4.78, 5) is 74.5. The standard InChI is InChI=1S/C52H60N8O8/c1-65-50(63)57-43(32-13-19-67-20-14-32)48(61)59-29-52(17-18-52)26-42(59)46-53-28-41(55-46)37-10-9-35-23-34(7-8-36(35)24-37)30-3-5-31(6-4-30)40-27-54-47(56-40)45-38-11-12-39(25-38)60(45)49(62)44(58-51(64)66-2)33-15-21-68-22-16-33/h3-10,23-24,27-28,32-33,38-39,42-45H,11-22,25-26,29H2,1-2H3,(H,53,55)(H,54,56)(H,57,63)(H,58,64). The molecule has 6 aliphatic rings. The van der Waals surface area contributed by atoms with E-state index in [2.05, 4.69) is 81.3 Å². The number of imidazole rings is 2. The highest BCUT2D eigenvalue weighted by Crippen LogP contribution is 2.58. The molecular formula is C52H60N8O8. The molecule has 6 unspecified atom stereocenters. The van der Waals surface area contributed by atoms with Gasteiger partial charge in [-0.2, -0.15) is 0 Å². The SMILES string of the molecule is COC(=O)NC(C(=O)N1CC2(CC2)CC1c1ncc(-c2ccc3cc(-c4ccc(-c5cnc(C6C7CCC(C7)N6C(=O)C(NC(=O)OC)C6CCOCC6)[nH]5)cc4)ccc3c2)[nH]1)C1CCOCC1. The molecule has 4 aliphatic heterocycles. The topological polar surface area (TPSA) is 193 Å². The van der Waals surface area contributed by atoms with Crippen LogP contribution in [-0.4, -0.2) is 119 Å². The molecule has 0 radical (unpaired) electrons. The van der Waals surface area contributed by atoms with Gasteiger partial charge < -0.3 is 49.3 Å². The van der Waals surface area contributed by atoms with Crippen molar-refractivity contribution in [3.8, 4) is 33.6 Å². The van der Waals surface area contributed by atoms with E-state index in [1.54, 1.807) is 0 Å². The number of aromatic nitrogens is 4. The van der Waals surface area contributed by atoms with Crippen LogP contribution in [-0.2, 0) is 28.5 Å². The van der Waals surface area contributed by atoms with Gasteiger partial charge in [0.2, 0.25) is 11.8 Å².